The van der Waals surface area contributed by atoms with Gasteiger partial charge < -0.3 is 0 Å². The number of hydrogen-bond donors (Lipinski definition) is 2. The van der Waals surface area contributed by atoms with Gasteiger partial charge >= 0.3 is 0 Å². The van der Waals surface area contributed by atoms with Crippen LogP contribution in [0.5, 0.6) is 0 Å². The van der Waals surface area contributed by atoms with Gasteiger partial charge in [-0.25, -0.2) is 25.2 Å². The molecule has 0 aromatic heterocycles. The van der Waals surface area contributed by atoms with Crippen molar-refractivity contribution in [1.29, 1.82) is 0 Å². The second-order valence-corrected chi connectivity index (χ2v) is 4.69. The lowest BCUT2D eigenvalue weighted by Gasteiger charge is -2.10. The predicted octanol–water partition coefficient (Wildman–Crippen LogP) is -0.356. The first kappa shape index (κ1) is 9.97. The van der Waals surface area contributed by atoms with Gasteiger partial charge in [-0.3, -0.25) is 0 Å². The van der Waals surface area contributed by atoms with Crippen molar-refractivity contribution in [2.45, 2.75) is 4.90 Å². The number of rotatable bonds is 2. The summed E-state index contributed by atoms with van der Waals surface area (Å²) in [4.78, 5) is 0.248. The van der Waals surface area contributed by atoms with E-state index in [-0.39, 0.29) is 4.90 Å². The monoisotopic (exact) mass is 201 g/mol. The lowest BCUT2D eigenvalue weighted by molar-refractivity contribution is 0.602. The average molecular weight is 201 g/mol. The molecule has 4 N–H and O–H groups in total. The van der Waals surface area contributed by atoms with Gasteiger partial charge in [0.05, 0.1) is 10.6 Å². The van der Waals surface area contributed by atoms with E-state index in [0.29, 0.717) is 5.69 Å². The number of anilines is 1. The SMILES string of the molecule is CS(=O)(=O)c1ccc(N(N)N)cc1. The molecule has 1 aromatic carbocycles. The van der Waals surface area contributed by atoms with Crippen molar-refractivity contribution in [2.24, 2.45) is 11.7 Å². The summed E-state index contributed by atoms with van der Waals surface area (Å²) < 4.78 is 22.1. The first-order valence-electron chi connectivity index (χ1n) is 3.51. The zero-order valence-electron chi connectivity index (χ0n) is 7.14. The Labute approximate surface area is 76.8 Å². The van der Waals surface area contributed by atoms with Gasteiger partial charge in [-0.15, -0.1) is 0 Å². The van der Waals surface area contributed by atoms with Crippen LogP contribution in [0.15, 0.2) is 29.2 Å². The molecule has 1 aromatic rings. The standard InChI is InChI=1S/C7H11N3O2S/c1-13(11,12)7-4-2-6(3-5-7)10(8)9/h2-5H,8-9H2,1H3. The molecule has 0 saturated heterocycles. The Morgan fingerprint density at radius 3 is 1.92 bits per heavy atom. The highest BCUT2D eigenvalue weighted by atomic mass is 32.2. The molecule has 13 heavy (non-hydrogen) atoms. The second-order valence-electron chi connectivity index (χ2n) is 2.67. The molecule has 0 atom stereocenters. The Morgan fingerprint density at radius 2 is 1.62 bits per heavy atom. The summed E-state index contributed by atoms with van der Waals surface area (Å²) in [6.07, 6.45) is 1.14. The van der Waals surface area contributed by atoms with Crippen molar-refractivity contribution in [3.63, 3.8) is 0 Å². The Morgan fingerprint density at radius 1 is 1.15 bits per heavy atom. The molecule has 0 heterocycles. The van der Waals surface area contributed by atoms with Crippen LogP contribution in [0, 0.1) is 0 Å². The maximum Gasteiger partial charge on any atom is 0.175 e. The van der Waals surface area contributed by atoms with Gasteiger partial charge in [0.1, 0.15) is 0 Å². The third kappa shape index (κ3) is 2.41. The van der Waals surface area contributed by atoms with Gasteiger partial charge in [0.2, 0.25) is 0 Å². The summed E-state index contributed by atoms with van der Waals surface area (Å²) in [5.41, 5.74) is 0.549. The van der Waals surface area contributed by atoms with E-state index in [4.69, 9.17) is 11.7 Å². The maximum atomic E-state index is 11.0. The zero-order chi connectivity index (χ0) is 10.1. The summed E-state index contributed by atoms with van der Waals surface area (Å²) in [6, 6.07) is 5.99. The highest BCUT2D eigenvalue weighted by molar-refractivity contribution is 7.90. The Kier molecular flexibility index (Phi) is 2.55. The van der Waals surface area contributed by atoms with E-state index in [2.05, 4.69) is 0 Å². The largest absolute Gasteiger partial charge is 0.247 e. The first-order chi connectivity index (χ1) is 5.91. The molecular weight excluding hydrogens is 190 g/mol. The topological polar surface area (TPSA) is 89.4 Å². The van der Waals surface area contributed by atoms with Crippen LogP contribution in [0.3, 0.4) is 0 Å². The molecule has 0 aliphatic heterocycles. The predicted molar refractivity (Wildman–Crippen MR) is 50.4 cm³/mol. The highest BCUT2D eigenvalue weighted by Crippen LogP contribution is 2.13. The van der Waals surface area contributed by atoms with E-state index in [1.165, 1.54) is 24.3 Å². The average Bonchev–Trinajstić information content (AvgIpc) is 2.03. The molecule has 1 rings (SSSR count). The van der Waals surface area contributed by atoms with E-state index in [0.717, 1.165) is 11.4 Å². The van der Waals surface area contributed by atoms with Crippen molar-refractivity contribution in [3.8, 4) is 0 Å². The second kappa shape index (κ2) is 3.33. The van der Waals surface area contributed by atoms with E-state index in [9.17, 15) is 8.42 Å². The van der Waals surface area contributed by atoms with Crippen molar-refractivity contribution < 1.29 is 8.42 Å². The summed E-state index contributed by atoms with van der Waals surface area (Å²) in [5, 5.41) is 0.923. The van der Waals surface area contributed by atoms with Crippen LogP contribution in [0.25, 0.3) is 0 Å². The highest BCUT2D eigenvalue weighted by Gasteiger charge is 2.06. The molecule has 0 saturated carbocycles. The molecule has 0 fully saturated rings. The van der Waals surface area contributed by atoms with Gasteiger partial charge in [-0.1, -0.05) is 0 Å². The zero-order valence-corrected chi connectivity index (χ0v) is 7.95. The summed E-state index contributed by atoms with van der Waals surface area (Å²) in [7, 11) is -3.15. The number of hydrazine groups is 2. The molecule has 0 amide bonds. The number of sulfone groups is 1. The van der Waals surface area contributed by atoms with Crippen LogP contribution in [-0.2, 0) is 9.84 Å². The molecule has 6 heteroatoms. The van der Waals surface area contributed by atoms with Gasteiger partial charge in [0.25, 0.3) is 0 Å². The third-order valence-electron chi connectivity index (χ3n) is 1.56. The van der Waals surface area contributed by atoms with Crippen molar-refractivity contribution in [1.82, 2.24) is 0 Å². The molecular formula is C7H11N3O2S. The van der Waals surface area contributed by atoms with Crippen LogP contribution in [0.4, 0.5) is 5.69 Å². The van der Waals surface area contributed by atoms with Crippen molar-refractivity contribution >= 4 is 15.5 Å². The first-order valence-corrected chi connectivity index (χ1v) is 5.40. The van der Waals surface area contributed by atoms with E-state index in [1.54, 1.807) is 0 Å². The normalized spacial score (nSPS) is 11.3. The Balaban J connectivity index is 3.08. The quantitative estimate of drug-likeness (QED) is 0.504. The molecule has 0 radical (unpaired) electrons. The lowest BCUT2D eigenvalue weighted by atomic mass is 10.3. The van der Waals surface area contributed by atoms with Crippen molar-refractivity contribution in [2.75, 3.05) is 11.4 Å². The molecule has 0 aliphatic rings. The van der Waals surface area contributed by atoms with Crippen LogP contribution >= 0.6 is 0 Å². The van der Waals surface area contributed by atoms with Gasteiger partial charge in [-0.2, -0.15) is 0 Å². The van der Waals surface area contributed by atoms with Gasteiger partial charge in [-0.05, 0) is 24.3 Å². The van der Waals surface area contributed by atoms with Gasteiger partial charge in [0, 0.05) is 6.26 Å². The Hall–Kier alpha value is -1.11. The van der Waals surface area contributed by atoms with Crippen LogP contribution in [0.1, 0.15) is 0 Å². The fourth-order valence-electron chi connectivity index (χ4n) is 0.865. The third-order valence-corrected chi connectivity index (χ3v) is 2.69. The molecule has 0 bridgehead atoms. The van der Waals surface area contributed by atoms with Crippen molar-refractivity contribution in [3.05, 3.63) is 24.3 Å². The summed E-state index contributed by atoms with van der Waals surface area (Å²) >= 11 is 0. The van der Waals surface area contributed by atoms with Gasteiger partial charge in [0.15, 0.2) is 9.84 Å². The minimum absolute atomic E-state index is 0.248. The van der Waals surface area contributed by atoms with Crippen LogP contribution in [-0.4, -0.2) is 14.7 Å². The van der Waals surface area contributed by atoms with E-state index >= 15 is 0 Å². The summed E-state index contributed by atoms with van der Waals surface area (Å²) in [6.45, 7) is 0. The molecule has 0 spiro atoms. The van der Waals surface area contributed by atoms with E-state index in [1.807, 2.05) is 0 Å². The summed E-state index contributed by atoms with van der Waals surface area (Å²) in [5.74, 6) is 10.5. The molecule has 5 nitrogen and oxygen atoms in total. The molecule has 0 unspecified atom stereocenters. The van der Waals surface area contributed by atoms with E-state index < -0.39 is 9.84 Å². The number of nitrogens with zero attached hydrogens (tertiary/aromatic N) is 1. The molecule has 72 valence electrons. The smallest absolute Gasteiger partial charge is 0.175 e. The number of nitrogens with two attached hydrogens (primary N) is 2. The van der Waals surface area contributed by atoms with Crippen LogP contribution in [0.2, 0.25) is 0 Å². The fourth-order valence-corrected chi connectivity index (χ4v) is 1.50. The Bertz CT molecular complexity index is 383. The number of hydrogen-bond acceptors (Lipinski definition) is 5. The van der Waals surface area contributed by atoms with Crippen LogP contribution < -0.4 is 16.8 Å². The number of benzene rings is 1. The molecule has 0 aliphatic carbocycles. The lowest BCUT2D eigenvalue weighted by Crippen LogP contribution is -2.37. The minimum Gasteiger partial charge on any atom is -0.247 e. The minimum atomic E-state index is -3.15. The maximum absolute atomic E-state index is 11.0. The fraction of sp³-hybridized carbons (Fsp3) is 0.143.